The minimum absolute atomic E-state index is 0.142. The molecular formula is C32H37N7O3. The summed E-state index contributed by atoms with van der Waals surface area (Å²) in [6.07, 6.45) is 8.31. The Balaban J connectivity index is 1.33. The topological polar surface area (TPSA) is 88.3 Å². The number of rotatable bonds is 9. The lowest BCUT2D eigenvalue weighted by Crippen LogP contribution is -2.56. The summed E-state index contributed by atoms with van der Waals surface area (Å²) >= 11 is 0. The van der Waals surface area contributed by atoms with Crippen LogP contribution in [0, 0.1) is 13.5 Å². The van der Waals surface area contributed by atoms with Crippen molar-refractivity contribution in [3.63, 3.8) is 0 Å². The van der Waals surface area contributed by atoms with Crippen LogP contribution in [0.1, 0.15) is 36.6 Å². The molecule has 1 aliphatic carbocycles. The number of anilines is 2. The summed E-state index contributed by atoms with van der Waals surface area (Å²) in [5, 5.41) is 2.32. The highest BCUT2D eigenvalue weighted by Crippen LogP contribution is 2.35. The number of hydrogen-bond donors (Lipinski definition) is 0. The van der Waals surface area contributed by atoms with Crippen molar-refractivity contribution in [3.8, 4) is 6.01 Å². The fourth-order valence-corrected chi connectivity index (χ4v) is 5.99. The Labute approximate surface area is 246 Å². The largest absolute Gasteiger partial charge is 0.458 e. The van der Waals surface area contributed by atoms with Crippen LogP contribution in [0.5, 0.6) is 6.01 Å². The van der Waals surface area contributed by atoms with Crippen LogP contribution in [0.25, 0.3) is 15.6 Å². The second kappa shape index (κ2) is 11.9. The van der Waals surface area contributed by atoms with Gasteiger partial charge in [0.25, 0.3) is 0 Å². The summed E-state index contributed by atoms with van der Waals surface area (Å²) in [6.45, 7) is 19.0. The predicted molar refractivity (Wildman–Crippen MR) is 162 cm³/mol. The molecule has 0 N–H and O–H groups in total. The fraction of sp³-hybridized carbons (Fsp3) is 0.469. The molecule has 2 aromatic heterocycles. The lowest BCUT2D eigenvalue weighted by molar-refractivity contribution is -0.128. The molecule has 218 valence electrons. The van der Waals surface area contributed by atoms with E-state index < -0.39 is 0 Å². The molecule has 6 rings (SSSR count). The first-order valence-electron chi connectivity index (χ1n) is 14.7. The maximum atomic E-state index is 12.5. The van der Waals surface area contributed by atoms with Crippen molar-refractivity contribution in [1.29, 1.82) is 0 Å². The van der Waals surface area contributed by atoms with Crippen LogP contribution < -0.4 is 14.5 Å². The second-order valence-electron chi connectivity index (χ2n) is 11.4. The number of benzene rings is 1. The van der Waals surface area contributed by atoms with Crippen molar-refractivity contribution in [2.24, 2.45) is 0 Å². The van der Waals surface area contributed by atoms with Crippen LogP contribution in [0.4, 0.5) is 11.5 Å². The second-order valence-corrected chi connectivity index (χ2v) is 11.4. The Hall–Kier alpha value is -4.23. The molecule has 3 aliphatic rings. The molecule has 2 atom stereocenters. The smallest absolute Gasteiger partial charge is 0.319 e. The third-order valence-electron chi connectivity index (χ3n) is 8.27. The van der Waals surface area contributed by atoms with Gasteiger partial charge in [0, 0.05) is 48.7 Å². The van der Waals surface area contributed by atoms with E-state index in [1.807, 2.05) is 19.3 Å². The predicted octanol–water partition coefficient (Wildman–Crippen LogP) is 3.96. The van der Waals surface area contributed by atoms with Gasteiger partial charge in [0.1, 0.15) is 18.0 Å². The summed E-state index contributed by atoms with van der Waals surface area (Å²) in [7, 11) is 0. The van der Waals surface area contributed by atoms with Gasteiger partial charge in [-0.05, 0) is 44.7 Å². The zero-order valence-corrected chi connectivity index (χ0v) is 24.3. The van der Waals surface area contributed by atoms with Gasteiger partial charge >= 0.3 is 6.01 Å². The number of piperazine rings is 1. The number of carbonyl (C=O) groups excluding carboxylic acids is 1. The van der Waals surface area contributed by atoms with Gasteiger partial charge in [-0.2, -0.15) is 9.97 Å². The minimum atomic E-state index is -0.243. The molecule has 1 saturated heterocycles. The van der Waals surface area contributed by atoms with Crippen LogP contribution in [-0.4, -0.2) is 83.3 Å². The van der Waals surface area contributed by atoms with Crippen LogP contribution >= 0.6 is 0 Å². The highest BCUT2D eigenvalue weighted by atomic mass is 16.5. The molecule has 1 saturated carbocycles. The van der Waals surface area contributed by atoms with E-state index in [1.165, 1.54) is 17.0 Å². The van der Waals surface area contributed by atoms with Gasteiger partial charge in [-0.1, -0.05) is 24.8 Å². The number of nitrogens with zero attached hydrogens (tertiary/aromatic N) is 7. The van der Waals surface area contributed by atoms with Crippen molar-refractivity contribution in [2.75, 3.05) is 49.1 Å². The molecule has 0 radical (unpaired) electrons. The van der Waals surface area contributed by atoms with Gasteiger partial charge in [0.15, 0.2) is 0 Å². The number of carbonyl (C=O) groups is 1. The van der Waals surface area contributed by atoms with Crippen LogP contribution in [-0.2, 0) is 22.5 Å². The third-order valence-corrected chi connectivity index (χ3v) is 8.27. The van der Waals surface area contributed by atoms with Crippen LogP contribution in [0.2, 0.25) is 0 Å². The molecule has 2 fully saturated rings. The molecule has 0 unspecified atom stereocenters. The molecule has 3 aromatic rings. The summed E-state index contributed by atoms with van der Waals surface area (Å²) in [4.78, 5) is 36.9. The highest BCUT2D eigenvalue weighted by molar-refractivity contribution is 5.96. The minimum Gasteiger partial charge on any atom is -0.458 e. The van der Waals surface area contributed by atoms with E-state index in [4.69, 9.17) is 26.0 Å². The molecule has 10 heteroatoms. The maximum Gasteiger partial charge on any atom is 0.319 e. The molecule has 1 amide bonds. The van der Waals surface area contributed by atoms with E-state index in [0.717, 1.165) is 54.0 Å². The number of pyridine rings is 1. The quantitative estimate of drug-likeness (QED) is 0.284. The highest BCUT2D eigenvalue weighted by Gasteiger charge is 2.35. The van der Waals surface area contributed by atoms with Gasteiger partial charge in [-0.25, -0.2) is 6.57 Å². The molecule has 4 heterocycles. The molecular weight excluding hydrogens is 530 g/mol. The van der Waals surface area contributed by atoms with Crippen molar-refractivity contribution in [2.45, 2.75) is 57.9 Å². The van der Waals surface area contributed by atoms with Crippen molar-refractivity contribution < 1.29 is 14.3 Å². The molecule has 42 heavy (non-hydrogen) atoms. The third kappa shape index (κ3) is 5.74. The van der Waals surface area contributed by atoms with Crippen LogP contribution in [0.3, 0.4) is 0 Å². The average molecular weight is 568 g/mol. The zero-order chi connectivity index (χ0) is 29.2. The Bertz CT molecular complexity index is 1530. The van der Waals surface area contributed by atoms with Gasteiger partial charge in [-0.15, -0.1) is 0 Å². The summed E-state index contributed by atoms with van der Waals surface area (Å²) < 4.78 is 12.1. The van der Waals surface area contributed by atoms with E-state index in [-0.39, 0.29) is 24.6 Å². The Kier molecular flexibility index (Phi) is 7.94. The van der Waals surface area contributed by atoms with Gasteiger partial charge in [-0.3, -0.25) is 9.78 Å². The molecule has 1 aromatic carbocycles. The number of amides is 1. The molecule has 0 bridgehead atoms. The van der Waals surface area contributed by atoms with E-state index >= 15 is 0 Å². The van der Waals surface area contributed by atoms with E-state index in [2.05, 4.69) is 51.3 Å². The number of aryl methyl sites for hydroxylation is 1. The Morgan fingerprint density at radius 2 is 2.07 bits per heavy atom. The van der Waals surface area contributed by atoms with Crippen molar-refractivity contribution in [3.05, 3.63) is 71.5 Å². The van der Waals surface area contributed by atoms with Crippen molar-refractivity contribution in [1.82, 2.24) is 19.9 Å². The number of ether oxygens (including phenoxy) is 2. The molecule has 2 aliphatic heterocycles. The van der Waals surface area contributed by atoms with Crippen molar-refractivity contribution >= 4 is 28.2 Å². The summed E-state index contributed by atoms with van der Waals surface area (Å²) in [5.74, 6) is 0.689. The monoisotopic (exact) mass is 567 g/mol. The standard InChI is InChI=1S/C32H37N7O3/c1-5-29(40)39-14-13-38(18-24(39)16-33-4)31-26-11-12-37(28-17-34-15-23-8-6-7-21(2)30(23)28)19-27(26)35-32(36-31)42-22(3)20-41-25-9-10-25/h5-8,15,17,22,24-25H,1,9-14,16,18-20H2,2-3H3/t22-,24-/m0/s1. The summed E-state index contributed by atoms with van der Waals surface area (Å²) in [5.41, 5.74) is 4.33. The summed E-state index contributed by atoms with van der Waals surface area (Å²) in [6, 6.07) is 6.39. The van der Waals surface area contributed by atoms with Gasteiger partial charge in [0.2, 0.25) is 12.5 Å². The first-order valence-corrected chi connectivity index (χ1v) is 14.7. The first-order chi connectivity index (χ1) is 20.4. The number of aromatic nitrogens is 3. The lowest BCUT2D eigenvalue weighted by atomic mass is 10.0. The number of fused-ring (bicyclic) bond motifs is 2. The molecule has 10 nitrogen and oxygen atoms in total. The first kappa shape index (κ1) is 27.9. The van der Waals surface area contributed by atoms with E-state index in [1.54, 1.807) is 4.90 Å². The normalized spacial score (nSPS) is 19.3. The van der Waals surface area contributed by atoms with Gasteiger partial charge < -0.3 is 29.0 Å². The van der Waals surface area contributed by atoms with E-state index in [9.17, 15) is 4.79 Å². The van der Waals surface area contributed by atoms with Gasteiger partial charge in [0.05, 0.1) is 36.8 Å². The molecule has 0 spiro atoms. The SMILES string of the molecule is [C-]#[N+]C[C@H]1CN(c2nc(O[C@@H](C)COC3CC3)nc3c2CCN(c2cncc4cccc(C)c24)C3)CCN1C(=O)C=C. The lowest BCUT2D eigenvalue weighted by Gasteiger charge is -2.41. The number of hydrogen-bond acceptors (Lipinski definition) is 8. The van der Waals surface area contributed by atoms with Crippen LogP contribution in [0.15, 0.2) is 43.2 Å². The maximum absolute atomic E-state index is 12.5. The Morgan fingerprint density at radius 1 is 1.21 bits per heavy atom. The Morgan fingerprint density at radius 3 is 2.86 bits per heavy atom. The zero-order valence-electron chi connectivity index (χ0n) is 24.3. The fourth-order valence-electron chi connectivity index (χ4n) is 5.99. The van der Waals surface area contributed by atoms with E-state index in [0.29, 0.717) is 44.9 Å². The average Bonchev–Trinajstić information content (AvgIpc) is 3.84.